The van der Waals surface area contributed by atoms with Gasteiger partial charge in [-0.2, -0.15) is 0 Å². The van der Waals surface area contributed by atoms with Gasteiger partial charge in [0.05, 0.1) is 18.4 Å². The van der Waals surface area contributed by atoms with Gasteiger partial charge in [-0.15, -0.1) is 0 Å². The molecule has 3 N–H and O–H groups in total. The van der Waals surface area contributed by atoms with Crippen LogP contribution in [0.25, 0.3) is 0 Å². The maximum Gasteiger partial charge on any atom is 0.0895 e. The van der Waals surface area contributed by atoms with Crippen LogP contribution in [0.2, 0.25) is 0 Å². The highest BCUT2D eigenvalue weighted by molar-refractivity contribution is 5.25. The minimum atomic E-state index is -0.686. The Morgan fingerprint density at radius 1 is 1.56 bits per heavy atom. The SMILES string of the molecule is OCC(O)CNC1CCCc2cccnc21. The van der Waals surface area contributed by atoms with Gasteiger partial charge < -0.3 is 15.5 Å². The average molecular weight is 222 g/mol. The van der Waals surface area contributed by atoms with Crippen LogP contribution in [0.1, 0.15) is 30.1 Å². The molecule has 0 saturated carbocycles. The van der Waals surface area contributed by atoms with E-state index in [1.54, 1.807) is 6.20 Å². The van der Waals surface area contributed by atoms with Crippen LogP contribution in [0, 0.1) is 0 Å². The molecule has 2 rings (SSSR count). The molecule has 16 heavy (non-hydrogen) atoms. The van der Waals surface area contributed by atoms with Crippen LogP contribution in [-0.4, -0.2) is 34.5 Å². The summed E-state index contributed by atoms with van der Waals surface area (Å²) in [4.78, 5) is 4.40. The fourth-order valence-corrected chi connectivity index (χ4v) is 2.15. The van der Waals surface area contributed by atoms with E-state index in [9.17, 15) is 5.11 Å². The van der Waals surface area contributed by atoms with Crippen molar-refractivity contribution in [3.63, 3.8) is 0 Å². The summed E-state index contributed by atoms with van der Waals surface area (Å²) in [5, 5.41) is 21.3. The second kappa shape index (κ2) is 5.39. The molecule has 0 aromatic carbocycles. The first-order valence-corrected chi connectivity index (χ1v) is 5.77. The zero-order valence-electron chi connectivity index (χ0n) is 9.26. The Kier molecular flexibility index (Phi) is 3.88. The number of fused-ring (bicyclic) bond motifs is 1. The minimum absolute atomic E-state index is 0.200. The predicted octanol–water partition coefficient (Wildman–Crippen LogP) is 0.402. The Bertz CT molecular complexity index is 344. The number of pyridine rings is 1. The Labute approximate surface area is 95.3 Å². The lowest BCUT2D eigenvalue weighted by Gasteiger charge is -2.25. The van der Waals surface area contributed by atoms with E-state index in [4.69, 9.17) is 5.11 Å². The van der Waals surface area contributed by atoms with Gasteiger partial charge in [0.1, 0.15) is 0 Å². The summed E-state index contributed by atoms with van der Waals surface area (Å²) in [6.07, 6.45) is 4.40. The number of nitrogens with one attached hydrogen (secondary N) is 1. The molecule has 1 aromatic heterocycles. The Hall–Kier alpha value is -0.970. The lowest BCUT2D eigenvalue weighted by atomic mass is 9.92. The third-order valence-corrected chi connectivity index (χ3v) is 3.01. The molecule has 0 amide bonds. The first kappa shape index (κ1) is 11.5. The minimum Gasteiger partial charge on any atom is -0.394 e. The van der Waals surface area contributed by atoms with Crippen LogP contribution in [0.5, 0.6) is 0 Å². The maximum atomic E-state index is 9.30. The topological polar surface area (TPSA) is 65.4 Å². The smallest absolute Gasteiger partial charge is 0.0895 e. The number of hydrogen-bond acceptors (Lipinski definition) is 4. The molecule has 88 valence electrons. The van der Waals surface area contributed by atoms with Gasteiger partial charge in [0, 0.05) is 18.8 Å². The third kappa shape index (κ3) is 2.58. The highest BCUT2D eigenvalue weighted by atomic mass is 16.3. The number of aliphatic hydroxyl groups excluding tert-OH is 2. The van der Waals surface area contributed by atoms with Crippen molar-refractivity contribution in [3.05, 3.63) is 29.6 Å². The molecule has 1 heterocycles. The van der Waals surface area contributed by atoms with Gasteiger partial charge in [0.15, 0.2) is 0 Å². The van der Waals surface area contributed by atoms with E-state index in [0.29, 0.717) is 6.54 Å². The lowest BCUT2D eigenvalue weighted by molar-refractivity contribution is 0.0910. The molecular formula is C12H18N2O2. The van der Waals surface area contributed by atoms with E-state index >= 15 is 0 Å². The van der Waals surface area contributed by atoms with Gasteiger partial charge in [-0.05, 0) is 30.9 Å². The quantitative estimate of drug-likeness (QED) is 0.690. The Balaban J connectivity index is 2.01. The standard InChI is InChI=1S/C12H18N2O2/c15-8-10(16)7-14-11-5-1-3-9-4-2-6-13-12(9)11/h2,4,6,10-11,14-16H,1,3,5,7-8H2. The summed E-state index contributed by atoms with van der Waals surface area (Å²) in [6, 6.07) is 4.29. The van der Waals surface area contributed by atoms with Crippen molar-refractivity contribution in [2.75, 3.05) is 13.2 Å². The summed E-state index contributed by atoms with van der Waals surface area (Å²) in [7, 11) is 0. The van der Waals surface area contributed by atoms with E-state index in [0.717, 1.165) is 25.0 Å². The van der Waals surface area contributed by atoms with Crippen LogP contribution >= 0.6 is 0 Å². The summed E-state index contributed by atoms with van der Waals surface area (Å²) < 4.78 is 0. The van der Waals surface area contributed by atoms with Crippen molar-refractivity contribution < 1.29 is 10.2 Å². The highest BCUT2D eigenvalue weighted by Crippen LogP contribution is 2.27. The van der Waals surface area contributed by atoms with Crippen LogP contribution < -0.4 is 5.32 Å². The summed E-state index contributed by atoms with van der Waals surface area (Å²) >= 11 is 0. The van der Waals surface area contributed by atoms with E-state index < -0.39 is 6.10 Å². The second-order valence-electron chi connectivity index (χ2n) is 4.24. The van der Waals surface area contributed by atoms with Gasteiger partial charge in [-0.3, -0.25) is 4.98 Å². The zero-order chi connectivity index (χ0) is 11.4. The molecule has 4 nitrogen and oxygen atoms in total. The average Bonchev–Trinajstić information content (AvgIpc) is 2.35. The van der Waals surface area contributed by atoms with Crippen LogP contribution in [0.15, 0.2) is 18.3 Å². The van der Waals surface area contributed by atoms with Gasteiger partial charge in [-0.25, -0.2) is 0 Å². The molecule has 0 bridgehead atoms. The second-order valence-corrected chi connectivity index (χ2v) is 4.24. The molecule has 0 radical (unpaired) electrons. The largest absolute Gasteiger partial charge is 0.394 e. The molecule has 0 spiro atoms. The van der Waals surface area contributed by atoms with Crippen LogP contribution in [0.4, 0.5) is 0 Å². The molecule has 0 fully saturated rings. The molecule has 2 atom stereocenters. The fraction of sp³-hybridized carbons (Fsp3) is 0.583. The van der Waals surface area contributed by atoms with Gasteiger partial charge >= 0.3 is 0 Å². The lowest BCUT2D eigenvalue weighted by Crippen LogP contribution is -2.34. The van der Waals surface area contributed by atoms with E-state index in [2.05, 4.69) is 16.4 Å². The Morgan fingerprint density at radius 2 is 2.44 bits per heavy atom. The number of aromatic nitrogens is 1. The van der Waals surface area contributed by atoms with Gasteiger partial charge in [-0.1, -0.05) is 6.07 Å². The van der Waals surface area contributed by atoms with Gasteiger partial charge in [0.2, 0.25) is 0 Å². The summed E-state index contributed by atoms with van der Waals surface area (Å²) in [5.74, 6) is 0. The molecule has 1 aliphatic rings. The molecule has 0 aliphatic heterocycles. The highest BCUT2D eigenvalue weighted by Gasteiger charge is 2.21. The zero-order valence-corrected chi connectivity index (χ0v) is 9.26. The molecule has 4 heteroatoms. The number of rotatable bonds is 4. The fourth-order valence-electron chi connectivity index (χ4n) is 2.15. The van der Waals surface area contributed by atoms with Crippen molar-refractivity contribution in [2.24, 2.45) is 0 Å². The van der Waals surface area contributed by atoms with E-state index in [1.807, 2.05) is 6.07 Å². The monoisotopic (exact) mass is 222 g/mol. The van der Waals surface area contributed by atoms with Crippen molar-refractivity contribution in [1.29, 1.82) is 0 Å². The molecule has 2 unspecified atom stereocenters. The van der Waals surface area contributed by atoms with Crippen molar-refractivity contribution in [3.8, 4) is 0 Å². The number of hydrogen-bond donors (Lipinski definition) is 3. The van der Waals surface area contributed by atoms with Crippen molar-refractivity contribution >= 4 is 0 Å². The van der Waals surface area contributed by atoms with Crippen molar-refractivity contribution in [1.82, 2.24) is 10.3 Å². The number of aliphatic hydroxyl groups is 2. The number of nitrogens with zero attached hydrogens (tertiary/aromatic N) is 1. The molecule has 1 aromatic rings. The first-order valence-electron chi connectivity index (χ1n) is 5.77. The van der Waals surface area contributed by atoms with E-state index in [-0.39, 0.29) is 12.6 Å². The third-order valence-electron chi connectivity index (χ3n) is 3.01. The molecular weight excluding hydrogens is 204 g/mol. The number of aryl methyl sites for hydroxylation is 1. The first-order chi connectivity index (χ1) is 7.81. The normalized spacial score (nSPS) is 21.5. The van der Waals surface area contributed by atoms with Crippen LogP contribution in [0.3, 0.4) is 0 Å². The molecule has 0 saturated heterocycles. The van der Waals surface area contributed by atoms with E-state index in [1.165, 1.54) is 5.56 Å². The summed E-state index contributed by atoms with van der Waals surface area (Å²) in [6.45, 7) is 0.214. The van der Waals surface area contributed by atoms with Gasteiger partial charge in [0.25, 0.3) is 0 Å². The summed E-state index contributed by atoms with van der Waals surface area (Å²) in [5.41, 5.74) is 2.39. The Morgan fingerprint density at radius 3 is 3.25 bits per heavy atom. The van der Waals surface area contributed by atoms with Crippen molar-refractivity contribution in [2.45, 2.75) is 31.4 Å². The van der Waals surface area contributed by atoms with Crippen LogP contribution in [-0.2, 0) is 6.42 Å². The molecule has 1 aliphatic carbocycles. The predicted molar refractivity (Wildman–Crippen MR) is 61.0 cm³/mol. The maximum absolute atomic E-state index is 9.30.